The Labute approximate surface area is 141 Å². The van der Waals surface area contributed by atoms with E-state index in [9.17, 15) is 9.59 Å². The number of rotatable bonds is 5. The van der Waals surface area contributed by atoms with Crippen LogP contribution in [0.1, 0.15) is 22.8 Å². The van der Waals surface area contributed by atoms with Crippen LogP contribution < -0.4 is 15.4 Å². The van der Waals surface area contributed by atoms with Gasteiger partial charge in [0.15, 0.2) is 0 Å². The Morgan fingerprint density at radius 1 is 1.04 bits per heavy atom. The second-order valence-electron chi connectivity index (χ2n) is 5.17. The summed E-state index contributed by atoms with van der Waals surface area (Å²) in [5.74, 6) is 0.219. The minimum absolute atomic E-state index is 0.248. The van der Waals surface area contributed by atoms with Crippen LogP contribution in [0.25, 0.3) is 5.57 Å². The predicted octanol–water partition coefficient (Wildman–Crippen LogP) is 3.10. The van der Waals surface area contributed by atoms with Gasteiger partial charge in [-0.15, -0.1) is 0 Å². The summed E-state index contributed by atoms with van der Waals surface area (Å²) in [7, 11) is 3.16. The number of methoxy groups -OCH3 is 1. The molecule has 0 saturated carbocycles. The van der Waals surface area contributed by atoms with Gasteiger partial charge in [0, 0.05) is 13.1 Å². The third-order valence-corrected chi connectivity index (χ3v) is 3.55. The number of allylic oxidation sites excluding steroid dienone is 1. The summed E-state index contributed by atoms with van der Waals surface area (Å²) in [6, 6.07) is 14.3. The molecule has 0 aromatic heterocycles. The molecule has 2 amide bonds. The van der Waals surface area contributed by atoms with E-state index in [1.165, 1.54) is 6.08 Å². The molecule has 5 heteroatoms. The number of nitrogens with one attached hydrogen (secondary N) is 2. The Balaban J connectivity index is 2.16. The zero-order valence-corrected chi connectivity index (χ0v) is 13.9. The highest BCUT2D eigenvalue weighted by molar-refractivity contribution is 6.08. The van der Waals surface area contributed by atoms with Crippen molar-refractivity contribution in [2.75, 3.05) is 19.5 Å². The number of hydrogen-bond donors (Lipinski definition) is 2. The zero-order chi connectivity index (χ0) is 17.5. The summed E-state index contributed by atoms with van der Waals surface area (Å²) in [5.41, 5.74) is 2.63. The highest BCUT2D eigenvalue weighted by Crippen LogP contribution is 2.19. The summed E-state index contributed by atoms with van der Waals surface area (Å²) in [6.07, 6.45) is 1.50. The lowest BCUT2D eigenvalue weighted by Gasteiger charge is -2.09. The summed E-state index contributed by atoms with van der Waals surface area (Å²) in [4.78, 5) is 24.1. The first-order valence-corrected chi connectivity index (χ1v) is 7.50. The lowest BCUT2D eigenvalue weighted by molar-refractivity contribution is -0.111. The topological polar surface area (TPSA) is 67.4 Å². The van der Waals surface area contributed by atoms with Crippen molar-refractivity contribution in [3.63, 3.8) is 0 Å². The van der Waals surface area contributed by atoms with Crippen LogP contribution in [0.3, 0.4) is 0 Å². The number of ether oxygens (including phenoxy) is 1. The molecule has 0 heterocycles. The Morgan fingerprint density at radius 2 is 1.71 bits per heavy atom. The number of carbonyl (C=O) groups is 2. The highest BCUT2D eigenvalue weighted by atomic mass is 16.5. The third kappa shape index (κ3) is 4.23. The number of amides is 2. The van der Waals surface area contributed by atoms with Gasteiger partial charge < -0.3 is 15.4 Å². The SMILES string of the molecule is CNC(=O)c1ccccc1NC(=O)/C=C(\C)c1ccc(OC)cc1. The van der Waals surface area contributed by atoms with Crippen LogP contribution >= 0.6 is 0 Å². The van der Waals surface area contributed by atoms with Crippen LogP contribution in [-0.2, 0) is 4.79 Å². The maximum Gasteiger partial charge on any atom is 0.253 e. The van der Waals surface area contributed by atoms with Gasteiger partial charge in [-0.05, 0) is 42.3 Å². The van der Waals surface area contributed by atoms with Crippen LogP contribution in [0.15, 0.2) is 54.6 Å². The molecule has 5 nitrogen and oxygen atoms in total. The van der Waals surface area contributed by atoms with Crippen molar-refractivity contribution in [3.8, 4) is 5.75 Å². The average molecular weight is 324 g/mol. The van der Waals surface area contributed by atoms with E-state index in [-0.39, 0.29) is 11.8 Å². The minimum Gasteiger partial charge on any atom is -0.497 e. The van der Waals surface area contributed by atoms with Crippen molar-refractivity contribution >= 4 is 23.1 Å². The van der Waals surface area contributed by atoms with Crippen molar-refractivity contribution in [3.05, 3.63) is 65.7 Å². The van der Waals surface area contributed by atoms with E-state index < -0.39 is 0 Å². The molecular formula is C19H20N2O3. The predicted molar refractivity (Wildman–Crippen MR) is 95.1 cm³/mol. The van der Waals surface area contributed by atoms with Gasteiger partial charge >= 0.3 is 0 Å². The minimum atomic E-state index is -0.292. The van der Waals surface area contributed by atoms with Gasteiger partial charge in [-0.25, -0.2) is 0 Å². The quantitative estimate of drug-likeness (QED) is 0.831. The van der Waals surface area contributed by atoms with Gasteiger partial charge in [0.1, 0.15) is 5.75 Å². The molecule has 0 aliphatic rings. The van der Waals surface area contributed by atoms with Crippen LogP contribution in [0, 0.1) is 0 Å². The monoisotopic (exact) mass is 324 g/mol. The molecule has 2 aromatic rings. The molecule has 124 valence electrons. The molecule has 0 aliphatic heterocycles. The van der Waals surface area contributed by atoms with Gasteiger partial charge in [-0.3, -0.25) is 9.59 Å². The van der Waals surface area contributed by atoms with Crippen molar-refractivity contribution in [2.45, 2.75) is 6.92 Å². The van der Waals surface area contributed by atoms with Gasteiger partial charge in [0.05, 0.1) is 18.4 Å². The molecule has 0 atom stereocenters. The van der Waals surface area contributed by atoms with E-state index in [1.54, 1.807) is 38.4 Å². The maximum absolute atomic E-state index is 12.2. The molecule has 0 aliphatic carbocycles. The van der Waals surface area contributed by atoms with E-state index in [0.29, 0.717) is 11.3 Å². The van der Waals surface area contributed by atoms with E-state index in [1.807, 2.05) is 31.2 Å². The largest absolute Gasteiger partial charge is 0.497 e. The summed E-state index contributed by atoms with van der Waals surface area (Å²) >= 11 is 0. The molecule has 0 radical (unpaired) electrons. The van der Waals surface area contributed by atoms with Crippen molar-refractivity contribution < 1.29 is 14.3 Å². The Morgan fingerprint density at radius 3 is 2.33 bits per heavy atom. The molecule has 0 bridgehead atoms. The lowest BCUT2D eigenvalue weighted by atomic mass is 10.1. The zero-order valence-electron chi connectivity index (χ0n) is 13.9. The second-order valence-corrected chi connectivity index (χ2v) is 5.17. The van der Waals surface area contributed by atoms with E-state index in [4.69, 9.17) is 4.74 Å². The van der Waals surface area contributed by atoms with Crippen molar-refractivity contribution in [1.29, 1.82) is 0 Å². The maximum atomic E-state index is 12.2. The Bertz CT molecular complexity index is 764. The van der Waals surface area contributed by atoms with E-state index >= 15 is 0 Å². The van der Waals surface area contributed by atoms with Gasteiger partial charge in [0.2, 0.25) is 5.91 Å². The van der Waals surface area contributed by atoms with Gasteiger partial charge in [-0.1, -0.05) is 24.3 Å². The molecule has 2 aromatic carbocycles. The molecule has 0 unspecified atom stereocenters. The first-order valence-electron chi connectivity index (χ1n) is 7.50. The molecule has 0 fully saturated rings. The Hall–Kier alpha value is -3.08. The molecule has 24 heavy (non-hydrogen) atoms. The molecular weight excluding hydrogens is 304 g/mol. The van der Waals surface area contributed by atoms with Crippen molar-refractivity contribution in [1.82, 2.24) is 5.32 Å². The number of benzene rings is 2. The summed E-state index contributed by atoms with van der Waals surface area (Å²) < 4.78 is 5.12. The molecule has 2 N–H and O–H groups in total. The average Bonchev–Trinajstić information content (AvgIpc) is 2.61. The van der Waals surface area contributed by atoms with Crippen LogP contribution in [-0.4, -0.2) is 26.0 Å². The summed E-state index contributed by atoms with van der Waals surface area (Å²) in [6.45, 7) is 1.85. The number of carbonyl (C=O) groups excluding carboxylic acids is 2. The fourth-order valence-corrected chi connectivity index (χ4v) is 2.23. The first kappa shape index (κ1) is 17.3. The van der Waals surface area contributed by atoms with E-state index in [0.717, 1.165) is 16.9 Å². The van der Waals surface area contributed by atoms with Gasteiger partial charge in [0.25, 0.3) is 5.91 Å². The third-order valence-electron chi connectivity index (χ3n) is 3.55. The van der Waals surface area contributed by atoms with Crippen LogP contribution in [0.2, 0.25) is 0 Å². The smallest absolute Gasteiger partial charge is 0.253 e. The fraction of sp³-hybridized carbons (Fsp3) is 0.158. The number of hydrogen-bond acceptors (Lipinski definition) is 3. The van der Waals surface area contributed by atoms with E-state index in [2.05, 4.69) is 10.6 Å². The van der Waals surface area contributed by atoms with Crippen LogP contribution in [0.4, 0.5) is 5.69 Å². The second kappa shape index (κ2) is 7.97. The lowest BCUT2D eigenvalue weighted by Crippen LogP contribution is -2.20. The number of para-hydroxylation sites is 1. The van der Waals surface area contributed by atoms with Gasteiger partial charge in [-0.2, -0.15) is 0 Å². The highest BCUT2D eigenvalue weighted by Gasteiger charge is 2.11. The van der Waals surface area contributed by atoms with Crippen molar-refractivity contribution in [2.24, 2.45) is 0 Å². The normalized spacial score (nSPS) is 10.9. The summed E-state index contributed by atoms with van der Waals surface area (Å²) in [5, 5.41) is 5.30. The first-order chi connectivity index (χ1) is 11.5. The molecule has 0 spiro atoms. The molecule has 2 rings (SSSR count). The molecule has 0 saturated heterocycles. The fourth-order valence-electron chi connectivity index (χ4n) is 2.23. The number of anilines is 1. The van der Waals surface area contributed by atoms with Crippen LogP contribution in [0.5, 0.6) is 5.75 Å². The standard InChI is InChI=1S/C19H20N2O3/c1-13(14-8-10-15(24-3)11-9-14)12-18(22)21-17-7-5-4-6-16(17)19(23)20-2/h4-12H,1-3H3,(H,20,23)(H,21,22)/b13-12+. The Kier molecular flexibility index (Phi) is 5.73.